The lowest BCUT2D eigenvalue weighted by Crippen LogP contribution is -2.19. The topological polar surface area (TPSA) is 209 Å². The molecule has 0 saturated heterocycles. The second kappa shape index (κ2) is 22.6. The van der Waals surface area contributed by atoms with Crippen LogP contribution < -0.4 is 20.6 Å². The fourth-order valence-corrected chi connectivity index (χ4v) is 10.9. The monoisotopic (exact) mass is 1140 g/mol. The standard InChI is InChI=1S/2C25H16ClF2N3O5S.CH4.H3P/c2*1-35-25-22(12-20(26)24(29-25)15-8-16(27)11-17(28)9-15)31-21-4-3-19(10-14(21)2-5-23(31)32)37(33,34)13-18-6-7-36-30-18;;/h2*2-12H,13H2,1H3;1H4;1H3. The third-order valence-electron chi connectivity index (χ3n) is 11.1. The molecule has 1 unspecified atom stereocenters. The van der Waals surface area contributed by atoms with Crippen molar-refractivity contribution in [2.45, 2.75) is 28.7 Å². The van der Waals surface area contributed by atoms with E-state index in [1.807, 2.05) is 0 Å². The van der Waals surface area contributed by atoms with E-state index in [4.69, 9.17) is 41.7 Å². The summed E-state index contributed by atoms with van der Waals surface area (Å²) in [6.07, 6.45) is 2.57. The van der Waals surface area contributed by atoms with Gasteiger partial charge in [-0.2, -0.15) is 9.90 Å². The summed E-state index contributed by atoms with van der Waals surface area (Å²) in [7, 11) is -4.87. The SMILES string of the molecule is C.COc1nc(-c2cc(F)cc(F)c2)c(Cl)cc1-n1c(=O)ccc2cc(S(=O)(=O)Cc3ccon3)ccc21.COc1nc(-c2cc(F)cc(F)c2)c(Cl)cc1-n1c(=O)ccc2cc(S(=O)(=O)Cc3ccon3)ccc21.P. The largest absolute Gasteiger partial charge is 0.479 e. The maximum Gasteiger partial charge on any atom is 0.255 e. The van der Waals surface area contributed by atoms with Gasteiger partial charge in [0.25, 0.3) is 11.1 Å². The minimum Gasteiger partial charge on any atom is -0.479 e. The third kappa shape index (κ3) is 11.6. The van der Waals surface area contributed by atoms with Gasteiger partial charge in [0, 0.05) is 58.3 Å². The van der Waals surface area contributed by atoms with Gasteiger partial charge in [-0.1, -0.05) is 40.9 Å². The smallest absolute Gasteiger partial charge is 0.255 e. The van der Waals surface area contributed by atoms with E-state index < -0.39 is 54.1 Å². The second-order valence-electron chi connectivity index (χ2n) is 16.0. The Balaban J connectivity index is 0.000000216. The zero-order valence-corrected chi connectivity index (χ0v) is 43.2. The molecule has 0 bridgehead atoms. The Bertz CT molecular complexity index is 3880. The number of ether oxygens (including phenoxy) is 2. The highest BCUT2D eigenvalue weighted by Gasteiger charge is 2.24. The molecule has 1 atom stereocenters. The highest BCUT2D eigenvalue weighted by atomic mass is 35.5. The van der Waals surface area contributed by atoms with E-state index in [1.54, 1.807) is 0 Å². The van der Waals surface area contributed by atoms with Gasteiger partial charge in [-0.15, -0.1) is 0 Å². The van der Waals surface area contributed by atoms with E-state index in [9.17, 15) is 44.0 Å². The Morgan fingerprint density at radius 3 is 1.22 bits per heavy atom. The molecule has 0 aliphatic rings. The van der Waals surface area contributed by atoms with Crippen molar-refractivity contribution in [3.63, 3.8) is 0 Å². The maximum atomic E-state index is 13.8. The van der Waals surface area contributed by atoms with E-state index in [0.29, 0.717) is 21.8 Å². The van der Waals surface area contributed by atoms with Gasteiger partial charge in [-0.05, 0) is 84.9 Å². The van der Waals surface area contributed by atoms with Gasteiger partial charge in [0.05, 0.1) is 67.9 Å². The van der Waals surface area contributed by atoms with Crippen LogP contribution in [0.15, 0.2) is 162 Å². The quantitative estimate of drug-likeness (QED) is 0.0824. The molecule has 0 saturated carbocycles. The number of methoxy groups -OCH3 is 2. The molecule has 4 aromatic carbocycles. The molecule has 10 rings (SSSR count). The summed E-state index contributed by atoms with van der Waals surface area (Å²) in [5.41, 5.74) is 0.871. The molecule has 0 N–H and O–H groups in total. The molecule has 16 nitrogen and oxygen atoms in total. The van der Waals surface area contributed by atoms with Gasteiger partial charge in [-0.25, -0.2) is 44.4 Å². The summed E-state index contributed by atoms with van der Waals surface area (Å²) >= 11 is 12.9. The number of fused-ring (bicyclic) bond motifs is 2. The molecule has 0 fully saturated rings. The van der Waals surface area contributed by atoms with Crippen molar-refractivity contribution in [2.75, 3.05) is 14.2 Å². The fourth-order valence-electron chi connectivity index (χ4n) is 7.84. The van der Waals surface area contributed by atoms with Crippen molar-refractivity contribution in [1.29, 1.82) is 0 Å². The first-order chi connectivity index (χ1) is 35.3. The van der Waals surface area contributed by atoms with Crippen molar-refractivity contribution in [3.8, 4) is 45.6 Å². The van der Waals surface area contributed by atoms with Gasteiger partial charge in [0.1, 0.15) is 58.7 Å². The van der Waals surface area contributed by atoms with E-state index in [2.05, 4.69) is 20.3 Å². The van der Waals surface area contributed by atoms with Gasteiger partial charge in [0.2, 0.25) is 11.8 Å². The second-order valence-corrected chi connectivity index (χ2v) is 20.8. The minimum atomic E-state index is -3.75. The number of benzene rings is 4. The molecule has 0 amide bonds. The van der Waals surface area contributed by atoms with Crippen LogP contribution in [0, 0.1) is 23.3 Å². The third-order valence-corrected chi connectivity index (χ3v) is 15.0. The van der Waals surface area contributed by atoms with Crippen molar-refractivity contribution in [1.82, 2.24) is 29.4 Å². The number of nitrogens with zero attached hydrogens (tertiary/aromatic N) is 6. The molecule has 0 radical (unpaired) electrons. The Morgan fingerprint density at radius 2 is 0.895 bits per heavy atom. The molecule has 6 aromatic heterocycles. The molecule has 0 spiro atoms. The molecular formula is C51H39Cl2F4N6O10PS2. The van der Waals surface area contributed by atoms with Crippen LogP contribution in [0.25, 0.3) is 55.7 Å². The Morgan fingerprint density at radius 1 is 0.526 bits per heavy atom. The molecule has 25 heteroatoms. The van der Waals surface area contributed by atoms with Crippen molar-refractivity contribution in [3.05, 3.63) is 199 Å². The summed E-state index contributed by atoms with van der Waals surface area (Å²) in [6, 6.07) is 25.5. The van der Waals surface area contributed by atoms with Gasteiger partial charge in [0.15, 0.2) is 19.7 Å². The molecular weight excluding hydrogens is 1100 g/mol. The number of aromatic nitrogens is 6. The highest BCUT2D eigenvalue weighted by Crippen LogP contribution is 2.37. The first-order valence-electron chi connectivity index (χ1n) is 21.3. The van der Waals surface area contributed by atoms with Crippen LogP contribution in [0.4, 0.5) is 17.6 Å². The zero-order valence-electron chi connectivity index (χ0n) is 38.7. The lowest BCUT2D eigenvalue weighted by atomic mass is 10.1. The summed E-state index contributed by atoms with van der Waals surface area (Å²) in [5, 5.41) is 8.19. The van der Waals surface area contributed by atoms with E-state index in [-0.39, 0.29) is 106 Å². The normalized spacial score (nSPS) is 11.4. The molecule has 10 aromatic rings. The summed E-state index contributed by atoms with van der Waals surface area (Å²) in [4.78, 5) is 34.6. The Labute approximate surface area is 442 Å². The molecule has 0 aliphatic heterocycles. The van der Waals surface area contributed by atoms with Crippen LogP contribution in [-0.2, 0) is 31.2 Å². The predicted octanol–water partition coefficient (Wildman–Crippen LogP) is 10.6. The van der Waals surface area contributed by atoms with E-state index >= 15 is 0 Å². The number of sulfone groups is 2. The van der Waals surface area contributed by atoms with Crippen molar-refractivity contribution >= 4 is 74.6 Å². The van der Waals surface area contributed by atoms with Gasteiger partial charge < -0.3 is 18.5 Å². The molecule has 0 aliphatic carbocycles. The molecule has 76 heavy (non-hydrogen) atoms. The summed E-state index contributed by atoms with van der Waals surface area (Å²) in [5.74, 6) is -4.03. The fraction of sp³-hybridized carbons (Fsp3) is 0.0980. The van der Waals surface area contributed by atoms with E-state index in [0.717, 1.165) is 36.4 Å². The number of rotatable bonds is 12. The lowest BCUT2D eigenvalue weighted by Gasteiger charge is -2.16. The van der Waals surface area contributed by atoms with Crippen molar-refractivity contribution < 1.29 is 52.9 Å². The van der Waals surface area contributed by atoms with E-state index in [1.165, 1.54) is 121 Å². The number of hydrogen-bond donors (Lipinski definition) is 0. The molecule has 392 valence electrons. The number of pyridine rings is 4. The zero-order chi connectivity index (χ0) is 52.6. The average Bonchev–Trinajstić information content (AvgIpc) is 4.09. The van der Waals surface area contributed by atoms with Crippen molar-refractivity contribution in [2.24, 2.45) is 0 Å². The summed E-state index contributed by atoms with van der Waals surface area (Å²) < 4.78 is 129. The van der Waals surface area contributed by atoms with Gasteiger partial charge >= 0.3 is 0 Å². The van der Waals surface area contributed by atoms with Crippen LogP contribution in [0.2, 0.25) is 10.0 Å². The van der Waals surface area contributed by atoms with Crippen LogP contribution >= 0.6 is 33.1 Å². The first kappa shape index (κ1) is 56.0. The minimum absolute atomic E-state index is 0. The Kier molecular flexibility index (Phi) is 16.7. The Hall–Kier alpha value is -7.75. The first-order valence-corrected chi connectivity index (χ1v) is 25.4. The van der Waals surface area contributed by atoms with Gasteiger partial charge in [-0.3, -0.25) is 18.7 Å². The van der Waals surface area contributed by atoms with Crippen LogP contribution in [0.3, 0.4) is 0 Å². The predicted molar refractivity (Wildman–Crippen MR) is 281 cm³/mol. The number of hydrogen-bond acceptors (Lipinski definition) is 14. The summed E-state index contributed by atoms with van der Waals surface area (Å²) in [6.45, 7) is 0. The number of halogens is 6. The molecule has 6 heterocycles. The van der Waals surface area contributed by atoms with Crippen LogP contribution in [0.1, 0.15) is 18.8 Å². The lowest BCUT2D eigenvalue weighted by molar-refractivity contribution is 0.396. The maximum absolute atomic E-state index is 13.8. The van der Waals surface area contributed by atoms with Crippen LogP contribution in [-0.4, -0.2) is 60.5 Å². The highest BCUT2D eigenvalue weighted by molar-refractivity contribution is 7.91. The van der Waals surface area contributed by atoms with Crippen LogP contribution in [0.5, 0.6) is 11.8 Å². The average molecular weight is 1140 g/mol.